The van der Waals surface area contributed by atoms with Crippen molar-refractivity contribution in [2.75, 3.05) is 23.3 Å². The summed E-state index contributed by atoms with van der Waals surface area (Å²) in [5.41, 5.74) is 2.07. The second-order valence-electron chi connectivity index (χ2n) is 9.18. The third-order valence-corrected chi connectivity index (χ3v) is 5.32. The molecule has 9 nitrogen and oxygen atoms in total. The normalized spacial score (nSPS) is 19.1. The fraction of sp³-hybridized carbons (Fsp3) is 0.455. The SMILES string of the molecule is CC1CC(NC(=O)OC(C)(C)C)CN(c2ccncc2Nc2ncc3ccc(Cl)nn23)C1. The monoisotopic (exact) mass is 457 g/mol. The third kappa shape index (κ3) is 5.21. The average molecular weight is 458 g/mol. The van der Waals surface area contributed by atoms with Crippen molar-refractivity contribution in [3.05, 3.63) is 41.9 Å². The number of anilines is 3. The van der Waals surface area contributed by atoms with E-state index in [1.165, 1.54) is 0 Å². The first-order valence-corrected chi connectivity index (χ1v) is 11.0. The molecule has 0 aromatic carbocycles. The number of pyridine rings is 1. The highest BCUT2D eigenvalue weighted by molar-refractivity contribution is 6.29. The Balaban J connectivity index is 1.54. The van der Waals surface area contributed by atoms with Crippen molar-refractivity contribution < 1.29 is 9.53 Å². The molecule has 2 N–H and O–H groups in total. The minimum atomic E-state index is -0.532. The van der Waals surface area contributed by atoms with Crippen molar-refractivity contribution in [2.24, 2.45) is 5.92 Å². The van der Waals surface area contributed by atoms with E-state index < -0.39 is 11.7 Å². The Labute approximate surface area is 192 Å². The van der Waals surface area contributed by atoms with Gasteiger partial charge in [0, 0.05) is 25.3 Å². The van der Waals surface area contributed by atoms with E-state index in [1.54, 1.807) is 29.2 Å². The number of hydrogen-bond donors (Lipinski definition) is 2. The van der Waals surface area contributed by atoms with Gasteiger partial charge in [-0.05, 0) is 51.3 Å². The van der Waals surface area contributed by atoms with Crippen LogP contribution in [0, 0.1) is 5.92 Å². The minimum Gasteiger partial charge on any atom is -0.444 e. The molecule has 1 amide bonds. The molecular formula is C22H28ClN7O2. The highest BCUT2D eigenvalue weighted by atomic mass is 35.5. The van der Waals surface area contributed by atoms with Crippen LogP contribution in [0.4, 0.5) is 22.1 Å². The third-order valence-electron chi connectivity index (χ3n) is 5.12. The van der Waals surface area contributed by atoms with E-state index in [0.717, 1.165) is 29.9 Å². The minimum absolute atomic E-state index is 0.0256. The van der Waals surface area contributed by atoms with Crippen molar-refractivity contribution >= 4 is 40.5 Å². The van der Waals surface area contributed by atoms with E-state index in [9.17, 15) is 4.79 Å². The number of halogens is 1. The lowest BCUT2D eigenvalue weighted by Crippen LogP contribution is -2.51. The van der Waals surface area contributed by atoms with Crippen molar-refractivity contribution in [3.63, 3.8) is 0 Å². The molecule has 0 radical (unpaired) electrons. The maximum Gasteiger partial charge on any atom is 0.407 e. The van der Waals surface area contributed by atoms with Crippen LogP contribution in [0.15, 0.2) is 36.8 Å². The molecule has 2 unspecified atom stereocenters. The first kappa shape index (κ1) is 22.1. The average Bonchev–Trinajstić information content (AvgIpc) is 3.08. The van der Waals surface area contributed by atoms with Crippen molar-refractivity contribution in [1.82, 2.24) is 24.9 Å². The Morgan fingerprint density at radius 2 is 2.03 bits per heavy atom. The number of fused-ring (bicyclic) bond motifs is 1. The summed E-state index contributed by atoms with van der Waals surface area (Å²) in [6, 6.07) is 5.52. The maximum atomic E-state index is 12.3. The van der Waals surface area contributed by atoms with Gasteiger partial charge < -0.3 is 20.3 Å². The first-order chi connectivity index (χ1) is 15.2. The van der Waals surface area contributed by atoms with Crippen LogP contribution < -0.4 is 15.5 Å². The van der Waals surface area contributed by atoms with E-state index in [2.05, 4.69) is 37.5 Å². The highest BCUT2D eigenvalue weighted by Crippen LogP contribution is 2.31. The first-order valence-electron chi connectivity index (χ1n) is 10.6. The topological polar surface area (TPSA) is 96.7 Å². The van der Waals surface area contributed by atoms with Gasteiger partial charge in [-0.2, -0.15) is 9.61 Å². The van der Waals surface area contributed by atoms with E-state index in [1.807, 2.05) is 32.9 Å². The molecular weight excluding hydrogens is 430 g/mol. The van der Waals surface area contributed by atoms with Gasteiger partial charge in [-0.15, -0.1) is 0 Å². The van der Waals surface area contributed by atoms with Crippen LogP contribution in [0.2, 0.25) is 5.15 Å². The second kappa shape index (κ2) is 8.82. The molecule has 4 heterocycles. The summed E-state index contributed by atoms with van der Waals surface area (Å²) in [6.45, 7) is 9.28. The lowest BCUT2D eigenvalue weighted by atomic mass is 9.95. The number of imidazole rings is 1. The summed E-state index contributed by atoms with van der Waals surface area (Å²) in [4.78, 5) is 23.3. The summed E-state index contributed by atoms with van der Waals surface area (Å²) in [7, 11) is 0. The zero-order valence-corrected chi connectivity index (χ0v) is 19.4. The van der Waals surface area contributed by atoms with Crippen molar-refractivity contribution in [3.8, 4) is 0 Å². The fourth-order valence-corrected chi connectivity index (χ4v) is 4.09. The van der Waals surface area contributed by atoms with E-state index >= 15 is 0 Å². The van der Waals surface area contributed by atoms with Crippen LogP contribution in [-0.2, 0) is 4.74 Å². The second-order valence-corrected chi connectivity index (χ2v) is 9.57. The van der Waals surface area contributed by atoms with Gasteiger partial charge in [0.15, 0.2) is 0 Å². The number of piperidine rings is 1. The van der Waals surface area contributed by atoms with Gasteiger partial charge >= 0.3 is 6.09 Å². The van der Waals surface area contributed by atoms with Crippen LogP contribution in [0.3, 0.4) is 0 Å². The fourth-order valence-electron chi connectivity index (χ4n) is 3.95. The Hall–Kier alpha value is -3.07. The van der Waals surface area contributed by atoms with Crippen molar-refractivity contribution in [2.45, 2.75) is 45.8 Å². The van der Waals surface area contributed by atoms with Crippen LogP contribution in [-0.4, -0.2) is 50.4 Å². The molecule has 0 saturated carbocycles. The number of hydrogen-bond acceptors (Lipinski definition) is 7. The molecule has 10 heteroatoms. The van der Waals surface area contributed by atoms with Gasteiger partial charge in [-0.3, -0.25) is 4.98 Å². The van der Waals surface area contributed by atoms with Gasteiger partial charge in [-0.25, -0.2) is 9.78 Å². The van der Waals surface area contributed by atoms with Crippen LogP contribution in [0.25, 0.3) is 5.52 Å². The van der Waals surface area contributed by atoms with Crippen LogP contribution in [0.5, 0.6) is 0 Å². The smallest absolute Gasteiger partial charge is 0.407 e. The Morgan fingerprint density at radius 3 is 2.81 bits per heavy atom. The van der Waals surface area contributed by atoms with Gasteiger partial charge in [0.05, 0.1) is 29.3 Å². The summed E-state index contributed by atoms with van der Waals surface area (Å²) >= 11 is 6.06. The number of carbonyl (C=O) groups is 1. The predicted octanol–water partition coefficient (Wildman–Crippen LogP) is 4.26. The van der Waals surface area contributed by atoms with Crippen LogP contribution >= 0.6 is 11.6 Å². The summed E-state index contributed by atoms with van der Waals surface area (Å²) < 4.78 is 7.10. The molecule has 3 aromatic rings. The Morgan fingerprint density at radius 1 is 1.22 bits per heavy atom. The van der Waals surface area contributed by atoms with Gasteiger partial charge in [-0.1, -0.05) is 18.5 Å². The summed E-state index contributed by atoms with van der Waals surface area (Å²) in [5.74, 6) is 0.933. The Kier molecular flexibility index (Phi) is 6.10. The van der Waals surface area contributed by atoms with Crippen molar-refractivity contribution in [1.29, 1.82) is 0 Å². The Bertz CT molecular complexity index is 1110. The summed E-state index contributed by atoms with van der Waals surface area (Å²) in [6.07, 6.45) is 5.74. The maximum absolute atomic E-state index is 12.3. The zero-order chi connectivity index (χ0) is 22.9. The lowest BCUT2D eigenvalue weighted by Gasteiger charge is -2.39. The molecule has 32 heavy (non-hydrogen) atoms. The molecule has 0 bridgehead atoms. The number of rotatable bonds is 4. The molecule has 4 rings (SSSR count). The lowest BCUT2D eigenvalue weighted by molar-refractivity contribution is 0.0495. The molecule has 2 atom stereocenters. The van der Waals surface area contributed by atoms with Gasteiger partial charge in [0.25, 0.3) is 0 Å². The molecule has 3 aromatic heterocycles. The number of carbonyl (C=O) groups excluding carboxylic acids is 1. The highest BCUT2D eigenvalue weighted by Gasteiger charge is 2.29. The number of amides is 1. The van der Waals surface area contributed by atoms with Gasteiger partial charge in [0.2, 0.25) is 5.95 Å². The molecule has 170 valence electrons. The number of aromatic nitrogens is 4. The van der Waals surface area contributed by atoms with E-state index in [-0.39, 0.29) is 6.04 Å². The standard InChI is InChI=1S/C22H28ClN7O2/c1-14-9-15(26-21(31)32-22(2,3)4)13-29(12-14)18-7-8-24-11-17(18)27-20-25-10-16-5-6-19(23)28-30(16)20/h5-8,10-11,14-15H,9,12-13H2,1-4H3,(H,25,27)(H,26,31). The molecule has 1 aliphatic rings. The number of nitrogens with zero attached hydrogens (tertiary/aromatic N) is 5. The van der Waals surface area contributed by atoms with Gasteiger partial charge in [0.1, 0.15) is 10.8 Å². The van der Waals surface area contributed by atoms with E-state index in [4.69, 9.17) is 16.3 Å². The molecule has 0 aliphatic carbocycles. The predicted molar refractivity (Wildman–Crippen MR) is 125 cm³/mol. The zero-order valence-electron chi connectivity index (χ0n) is 18.7. The van der Waals surface area contributed by atoms with E-state index in [0.29, 0.717) is 23.6 Å². The van der Waals surface area contributed by atoms with Crippen LogP contribution in [0.1, 0.15) is 34.1 Å². The molecule has 1 aliphatic heterocycles. The molecule has 1 saturated heterocycles. The molecule has 0 spiro atoms. The number of nitrogens with one attached hydrogen (secondary N) is 2. The number of ether oxygens (including phenoxy) is 1. The molecule has 1 fully saturated rings. The quantitative estimate of drug-likeness (QED) is 0.604. The number of alkyl carbamates (subject to hydrolysis) is 1. The summed E-state index contributed by atoms with van der Waals surface area (Å²) in [5, 5.41) is 11.1. The largest absolute Gasteiger partial charge is 0.444 e.